The molecule has 4 heterocycles. The Hall–Kier alpha value is -3.01. The minimum Gasteiger partial charge on any atom is -0.444 e. The molecule has 1 aliphatic rings. The number of carbonyl (C=O) groups excluding carboxylic acids is 1. The zero-order chi connectivity index (χ0) is 22.2. The average molecular weight is 447 g/mol. The SMILES string of the molecule is Cn1cc(Nc2nc(N3CCCC(NC(=O)OC(C)(C)C)C3)c3c(Cl)c[nH]c3n2)cn1. The van der Waals surface area contributed by atoms with Gasteiger partial charge < -0.3 is 25.3 Å². The second-order valence-corrected chi connectivity index (χ2v) is 9.10. The number of amides is 1. The largest absolute Gasteiger partial charge is 0.444 e. The minimum atomic E-state index is -0.539. The summed E-state index contributed by atoms with van der Waals surface area (Å²) in [6, 6.07) is -0.0546. The second-order valence-electron chi connectivity index (χ2n) is 8.69. The minimum absolute atomic E-state index is 0.0546. The van der Waals surface area contributed by atoms with Gasteiger partial charge in [-0.1, -0.05) is 11.6 Å². The van der Waals surface area contributed by atoms with Crippen LogP contribution in [-0.2, 0) is 11.8 Å². The molecule has 166 valence electrons. The van der Waals surface area contributed by atoms with Crippen LogP contribution in [0.3, 0.4) is 0 Å². The van der Waals surface area contributed by atoms with Crippen LogP contribution in [0.5, 0.6) is 0 Å². The molecular weight excluding hydrogens is 420 g/mol. The van der Waals surface area contributed by atoms with Crippen LogP contribution >= 0.6 is 11.6 Å². The maximum atomic E-state index is 12.2. The molecule has 3 N–H and O–H groups in total. The van der Waals surface area contributed by atoms with Gasteiger partial charge in [-0.3, -0.25) is 4.68 Å². The van der Waals surface area contributed by atoms with E-state index in [0.717, 1.165) is 36.3 Å². The van der Waals surface area contributed by atoms with Crippen LogP contribution in [0, 0.1) is 0 Å². The molecule has 1 saturated heterocycles. The van der Waals surface area contributed by atoms with E-state index in [1.165, 1.54) is 0 Å². The highest BCUT2D eigenvalue weighted by molar-refractivity contribution is 6.36. The second kappa shape index (κ2) is 8.26. The van der Waals surface area contributed by atoms with Crippen LogP contribution < -0.4 is 15.5 Å². The van der Waals surface area contributed by atoms with E-state index in [2.05, 4.69) is 30.6 Å². The van der Waals surface area contributed by atoms with E-state index in [1.54, 1.807) is 17.1 Å². The third kappa shape index (κ3) is 5.01. The molecule has 0 bridgehead atoms. The molecule has 0 radical (unpaired) electrons. The Kier molecular flexibility index (Phi) is 5.65. The molecule has 0 saturated carbocycles. The number of hydrogen-bond acceptors (Lipinski definition) is 7. The normalized spacial score (nSPS) is 17.1. The summed E-state index contributed by atoms with van der Waals surface area (Å²) < 4.78 is 7.11. The van der Waals surface area contributed by atoms with Gasteiger partial charge in [-0.2, -0.15) is 15.1 Å². The molecule has 10 nitrogen and oxygen atoms in total. The molecule has 1 fully saturated rings. The Labute approximate surface area is 185 Å². The fraction of sp³-hybridized carbons (Fsp3) is 0.500. The highest BCUT2D eigenvalue weighted by atomic mass is 35.5. The van der Waals surface area contributed by atoms with Crippen molar-refractivity contribution in [3.8, 4) is 0 Å². The van der Waals surface area contributed by atoms with Gasteiger partial charge in [-0.25, -0.2) is 4.79 Å². The van der Waals surface area contributed by atoms with Gasteiger partial charge in [0.25, 0.3) is 0 Å². The summed E-state index contributed by atoms with van der Waals surface area (Å²) in [5.74, 6) is 1.16. The van der Waals surface area contributed by atoms with Crippen molar-refractivity contribution in [2.45, 2.75) is 45.3 Å². The lowest BCUT2D eigenvalue weighted by Crippen LogP contribution is -2.49. The molecule has 1 unspecified atom stereocenters. The lowest BCUT2D eigenvalue weighted by Gasteiger charge is -2.34. The summed E-state index contributed by atoms with van der Waals surface area (Å²) in [4.78, 5) is 26.8. The van der Waals surface area contributed by atoms with Gasteiger partial charge in [0.15, 0.2) is 0 Å². The molecule has 11 heteroatoms. The molecule has 1 atom stereocenters. The Morgan fingerprint density at radius 3 is 2.87 bits per heavy atom. The van der Waals surface area contributed by atoms with Gasteiger partial charge in [0.2, 0.25) is 5.95 Å². The number of piperidine rings is 1. The summed E-state index contributed by atoms with van der Waals surface area (Å²) in [5.41, 5.74) is 0.889. The van der Waals surface area contributed by atoms with Crippen molar-refractivity contribution in [2.24, 2.45) is 7.05 Å². The molecule has 0 aliphatic carbocycles. The monoisotopic (exact) mass is 446 g/mol. The maximum absolute atomic E-state index is 12.2. The third-order valence-corrected chi connectivity index (χ3v) is 5.17. The number of ether oxygens (including phenoxy) is 1. The number of nitrogens with zero attached hydrogens (tertiary/aromatic N) is 5. The van der Waals surface area contributed by atoms with Crippen molar-refractivity contribution >= 4 is 46.2 Å². The Bertz CT molecular complexity index is 1090. The Morgan fingerprint density at radius 2 is 2.16 bits per heavy atom. The molecule has 3 aromatic rings. The summed E-state index contributed by atoms with van der Waals surface area (Å²) in [7, 11) is 1.84. The number of rotatable bonds is 4. The van der Waals surface area contributed by atoms with E-state index in [-0.39, 0.29) is 6.04 Å². The molecule has 1 amide bonds. The average Bonchev–Trinajstić information content (AvgIpc) is 3.25. The number of carbonyl (C=O) groups is 1. The molecule has 4 rings (SSSR count). The van der Waals surface area contributed by atoms with Gasteiger partial charge in [0.1, 0.15) is 17.1 Å². The summed E-state index contributed by atoms with van der Waals surface area (Å²) in [6.07, 6.45) is 6.61. The van der Waals surface area contributed by atoms with Crippen molar-refractivity contribution in [2.75, 3.05) is 23.3 Å². The van der Waals surface area contributed by atoms with Crippen LogP contribution in [0.1, 0.15) is 33.6 Å². The molecule has 1 aliphatic heterocycles. The van der Waals surface area contributed by atoms with Crippen LogP contribution in [0.25, 0.3) is 11.0 Å². The first kappa shape index (κ1) is 21.2. The maximum Gasteiger partial charge on any atom is 0.407 e. The number of aryl methyl sites for hydroxylation is 1. The van der Waals surface area contributed by atoms with Crippen LogP contribution in [0.15, 0.2) is 18.6 Å². The number of H-pyrrole nitrogens is 1. The number of fused-ring (bicyclic) bond motifs is 1. The standard InChI is InChI=1S/C20H27ClN8O2/c1-20(2,3)31-19(30)25-12-6-5-7-29(11-12)17-15-14(21)9-22-16(15)26-18(27-17)24-13-8-23-28(4)10-13/h8-10,12H,5-7,11H2,1-4H3,(H,25,30)(H2,22,24,26,27). The van der Waals surface area contributed by atoms with Crippen molar-refractivity contribution in [1.82, 2.24) is 30.0 Å². The van der Waals surface area contributed by atoms with Crippen molar-refractivity contribution in [3.63, 3.8) is 0 Å². The first-order valence-electron chi connectivity index (χ1n) is 10.2. The van der Waals surface area contributed by atoms with E-state index in [1.807, 2.05) is 34.0 Å². The zero-order valence-electron chi connectivity index (χ0n) is 18.1. The van der Waals surface area contributed by atoms with Crippen LogP contribution in [0.2, 0.25) is 5.02 Å². The van der Waals surface area contributed by atoms with E-state index >= 15 is 0 Å². The van der Waals surface area contributed by atoms with Crippen molar-refractivity contribution in [1.29, 1.82) is 0 Å². The van der Waals surface area contributed by atoms with Gasteiger partial charge in [-0.15, -0.1) is 0 Å². The first-order chi connectivity index (χ1) is 14.7. The number of alkyl carbamates (subject to hydrolysis) is 1. The number of nitrogens with one attached hydrogen (secondary N) is 3. The Morgan fingerprint density at radius 1 is 1.35 bits per heavy atom. The number of aromatic nitrogens is 5. The molecule has 0 spiro atoms. The summed E-state index contributed by atoms with van der Waals surface area (Å²) in [6.45, 7) is 6.94. The lowest BCUT2D eigenvalue weighted by atomic mass is 10.1. The first-order valence-corrected chi connectivity index (χ1v) is 10.6. The van der Waals surface area contributed by atoms with Gasteiger partial charge in [0.05, 0.1) is 22.3 Å². The van der Waals surface area contributed by atoms with Gasteiger partial charge in [-0.05, 0) is 33.6 Å². The van der Waals surface area contributed by atoms with Crippen molar-refractivity contribution in [3.05, 3.63) is 23.6 Å². The molecule has 0 aromatic carbocycles. The zero-order valence-corrected chi connectivity index (χ0v) is 18.8. The highest BCUT2D eigenvalue weighted by Crippen LogP contribution is 2.33. The fourth-order valence-electron chi connectivity index (χ4n) is 3.64. The highest BCUT2D eigenvalue weighted by Gasteiger charge is 2.27. The number of aromatic amines is 1. The van der Waals surface area contributed by atoms with E-state index in [9.17, 15) is 4.79 Å². The number of halogens is 1. The molecular formula is C20H27ClN8O2. The van der Waals surface area contributed by atoms with E-state index in [0.29, 0.717) is 23.2 Å². The van der Waals surface area contributed by atoms with E-state index in [4.69, 9.17) is 21.3 Å². The number of anilines is 3. The predicted octanol–water partition coefficient (Wildman–Crippen LogP) is 3.58. The van der Waals surface area contributed by atoms with E-state index < -0.39 is 11.7 Å². The quantitative estimate of drug-likeness (QED) is 0.561. The van der Waals surface area contributed by atoms with Gasteiger partial charge in [0, 0.05) is 38.6 Å². The number of hydrogen-bond donors (Lipinski definition) is 3. The van der Waals surface area contributed by atoms with Crippen LogP contribution in [0.4, 0.5) is 22.2 Å². The Balaban J connectivity index is 1.58. The van der Waals surface area contributed by atoms with Gasteiger partial charge >= 0.3 is 6.09 Å². The summed E-state index contributed by atoms with van der Waals surface area (Å²) in [5, 5.41) is 11.6. The summed E-state index contributed by atoms with van der Waals surface area (Å²) >= 11 is 6.44. The predicted molar refractivity (Wildman–Crippen MR) is 120 cm³/mol. The molecule has 3 aromatic heterocycles. The topological polar surface area (TPSA) is 113 Å². The lowest BCUT2D eigenvalue weighted by molar-refractivity contribution is 0.0500. The third-order valence-electron chi connectivity index (χ3n) is 4.87. The smallest absolute Gasteiger partial charge is 0.407 e. The fourth-order valence-corrected chi connectivity index (χ4v) is 3.87. The van der Waals surface area contributed by atoms with Crippen LogP contribution in [-0.4, -0.2) is 55.6 Å². The molecule has 31 heavy (non-hydrogen) atoms. The van der Waals surface area contributed by atoms with Crippen molar-refractivity contribution < 1.29 is 9.53 Å².